The number of nitrogens with zero attached hydrogens (tertiary/aromatic N) is 2. The van der Waals surface area contributed by atoms with Crippen LogP contribution in [0.4, 0.5) is 0 Å². The van der Waals surface area contributed by atoms with Crippen molar-refractivity contribution < 1.29 is 47.7 Å². The minimum atomic E-state index is -1.01. The number of aliphatic hydroxyl groups excluding tert-OH is 1. The fourth-order valence-electron chi connectivity index (χ4n) is 8.38. The Morgan fingerprint density at radius 3 is 2.65 bits per heavy atom. The molecule has 0 aromatic carbocycles. The van der Waals surface area contributed by atoms with Crippen molar-refractivity contribution in [1.29, 1.82) is 5.26 Å². The maximum absolute atomic E-state index is 13.6. The van der Waals surface area contributed by atoms with Crippen LogP contribution in [0.15, 0.2) is 72.1 Å². The summed E-state index contributed by atoms with van der Waals surface area (Å²) in [5, 5.41) is 21.0. The van der Waals surface area contributed by atoms with Crippen molar-refractivity contribution in [1.82, 2.24) is 0 Å². The molecule has 3 aliphatic carbocycles. The smallest absolute Gasteiger partial charge is 0.373 e. The normalized spacial score (nSPS) is 38.4. The van der Waals surface area contributed by atoms with E-state index in [0.29, 0.717) is 17.6 Å². The third-order valence-electron chi connectivity index (χ3n) is 10.8. The topological polar surface area (TPSA) is 145 Å². The Morgan fingerprint density at radius 2 is 1.98 bits per heavy atom. The number of methoxy groups -OCH3 is 1. The van der Waals surface area contributed by atoms with Crippen LogP contribution in [0.2, 0.25) is 0 Å². The van der Waals surface area contributed by atoms with Gasteiger partial charge in [-0.3, -0.25) is 0 Å². The largest absolute Gasteiger partial charge is 0.456 e. The maximum Gasteiger partial charge on any atom is 0.373 e. The SMILES string of the molecule is CO[C@H]1CC2C=C[C@H]3[C@H]4O[C@]2(/C(C)=C/[C@@H](C)[C@@H]([C@@H](C)OC(=O)C[n+]2ccc(C#N)cc2)OC1=O)[C@@H]3[C@H](O)[C@@H](C)[C@H]4OC(=O)C1=CC=CC1. The fourth-order valence-corrected chi connectivity index (χ4v) is 8.38. The van der Waals surface area contributed by atoms with Crippen molar-refractivity contribution in [2.24, 2.45) is 29.6 Å². The van der Waals surface area contributed by atoms with Gasteiger partial charge in [0.1, 0.15) is 30.0 Å². The zero-order chi connectivity index (χ0) is 34.3. The molecule has 0 amide bonds. The number of aliphatic hydroxyl groups is 1. The van der Waals surface area contributed by atoms with Gasteiger partial charge in [0, 0.05) is 54.4 Å². The van der Waals surface area contributed by atoms with E-state index in [2.05, 4.69) is 0 Å². The van der Waals surface area contributed by atoms with E-state index < -0.39 is 72.0 Å². The fraction of sp³-hybridized carbons (Fsp3) is 0.541. The highest BCUT2D eigenvalue weighted by molar-refractivity contribution is 5.90. The van der Waals surface area contributed by atoms with Crippen LogP contribution in [-0.4, -0.2) is 72.3 Å². The summed E-state index contributed by atoms with van der Waals surface area (Å²) >= 11 is 0. The molecule has 48 heavy (non-hydrogen) atoms. The highest BCUT2D eigenvalue weighted by atomic mass is 16.6. The molecule has 6 rings (SSSR count). The number of allylic oxidation sites excluding steroid dienone is 3. The summed E-state index contributed by atoms with van der Waals surface area (Å²) in [5.74, 6) is -3.28. The molecule has 2 aliphatic heterocycles. The number of rotatable bonds is 7. The van der Waals surface area contributed by atoms with Gasteiger partial charge < -0.3 is 28.8 Å². The van der Waals surface area contributed by atoms with E-state index in [-0.39, 0.29) is 30.7 Å². The first-order valence-corrected chi connectivity index (χ1v) is 16.6. The Balaban J connectivity index is 1.29. The zero-order valence-corrected chi connectivity index (χ0v) is 27.9. The van der Waals surface area contributed by atoms with Gasteiger partial charge in [0.25, 0.3) is 0 Å². The second-order valence-corrected chi connectivity index (χ2v) is 13.7. The molecule has 2 fully saturated rings. The number of ether oxygens (including phenoxy) is 5. The van der Waals surface area contributed by atoms with Gasteiger partial charge in [-0.2, -0.15) is 9.83 Å². The summed E-state index contributed by atoms with van der Waals surface area (Å²) in [6.45, 7) is 7.34. The zero-order valence-electron chi connectivity index (χ0n) is 27.9. The first-order valence-electron chi connectivity index (χ1n) is 16.6. The minimum Gasteiger partial charge on any atom is -0.456 e. The van der Waals surface area contributed by atoms with Gasteiger partial charge in [0.15, 0.2) is 18.5 Å². The second kappa shape index (κ2) is 13.4. The monoisotopic (exact) mass is 659 g/mol. The van der Waals surface area contributed by atoms with Crippen molar-refractivity contribution in [3.63, 3.8) is 0 Å². The van der Waals surface area contributed by atoms with Crippen LogP contribution in [0.1, 0.15) is 46.1 Å². The van der Waals surface area contributed by atoms with Crippen LogP contribution in [0.5, 0.6) is 0 Å². The summed E-state index contributed by atoms with van der Waals surface area (Å²) in [4.78, 5) is 39.7. The lowest BCUT2D eigenvalue weighted by Gasteiger charge is -2.49. The van der Waals surface area contributed by atoms with Gasteiger partial charge in [0.2, 0.25) is 6.54 Å². The Morgan fingerprint density at radius 1 is 1.23 bits per heavy atom. The average Bonchev–Trinajstić information content (AvgIpc) is 3.67. The molecule has 1 aromatic heterocycles. The Bertz CT molecular complexity index is 1610. The van der Waals surface area contributed by atoms with Crippen LogP contribution < -0.4 is 4.57 Å². The number of esters is 3. The van der Waals surface area contributed by atoms with E-state index in [0.717, 1.165) is 5.57 Å². The van der Waals surface area contributed by atoms with Crippen molar-refractivity contribution in [3.8, 4) is 6.07 Å². The molecule has 11 heteroatoms. The van der Waals surface area contributed by atoms with Crippen molar-refractivity contribution >= 4 is 17.9 Å². The molecule has 1 N–H and O–H groups in total. The summed E-state index contributed by atoms with van der Waals surface area (Å²) in [7, 11) is 1.45. The highest BCUT2D eigenvalue weighted by Crippen LogP contribution is 2.61. The Kier molecular flexibility index (Phi) is 9.44. The predicted octanol–water partition coefficient (Wildman–Crippen LogP) is 3.06. The lowest BCUT2D eigenvalue weighted by atomic mass is 9.57. The van der Waals surface area contributed by atoms with Gasteiger partial charge in [0.05, 0.1) is 17.7 Å². The number of aromatic nitrogens is 1. The number of nitriles is 1. The van der Waals surface area contributed by atoms with Crippen LogP contribution in [0.3, 0.4) is 0 Å². The third kappa shape index (κ3) is 5.91. The third-order valence-corrected chi connectivity index (χ3v) is 10.8. The molecule has 0 radical (unpaired) electrons. The van der Waals surface area contributed by atoms with E-state index >= 15 is 0 Å². The van der Waals surface area contributed by atoms with Crippen LogP contribution in [-0.2, 0) is 44.6 Å². The summed E-state index contributed by atoms with van der Waals surface area (Å²) in [5.41, 5.74) is 0.881. The Labute approximate surface area is 280 Å². The van der Waals surface area contributed by atoms with E-state index in [1.54, 1.807) is 42.1 Å². The van der Waals surface area contributed by atoms with Gasteiger partial charge in [-0.05, 0) is 32.3 Å². The summed E-state index contributed by atoms with van der Waals surface area (Å²) in [6.07, 6.45) is 10.8. The van der Waals surface area contributed by atoms with E-state index in [9.17, 15) is 19.5 Å². The molecule has 1 spiro atoms. The van der Waals surface area contributed by atoms with Crippen LogP contribution in [0, 0.1) is 40.9 Å². The lowest BCUT2D eigenvalue weighted by Crippen LogP contribution is -2.57. The molecule has 5 aliphatic rings. The summed E-state index contributed by atoms with van der Waals surface area (Å²) in [6, 6.07) is 5.25. The highest BCUT2D eigenvalue weighted by Gasteiger charge is 2.69. The molecule has 11 nitrogen and oxygen atoms in total. The molecule has 4 bridgehead atoms. The molecule has 1 aromatic rings. The Hall–Kier alpha value is -4.11. The second-order valence-electron chi connectivity index (χ2n) is 13.7. The van der Waals surface area contributed by atoms with Gasteiger partial charge in [-0.1, -0.05) is 50.3 Å². The molecule has 1 saturated heterocycles. The van der Waals surface area contributed by atoms with E-state index in [1.165, 1.54) is 7.11 Å². The number of carbonyl (C=O) groups is 3. The molecule has 254 valence electrons. The number of carbonyl (C=O) groups excluding carboxylic acids is 3. The first kappa shape index (κ1) is 33.8. The maximum atomic E-state index is 13.6. The van der Waals surface area contributed by atoms with Crippen molar-refractivity contribution in [3.05, 3.63) is 77.7 Å². The molecular formula is C37H43N2O9+. The molecule has 1 unspecified atom stereocenters. The number of pyridine rings is 1. The number of hydrogen-bond donors (Lipinski definition) is 1. The molecule has 3 heterocycles. The predicted molar refractivity (Wildman–Crippen MR) is 169 cm³/mol. The number of hydrogen-bond acceptors (Lipinski definition) is 10. The van der Waals surface area contributed by atoms with Gasteiger partial charge >= 0.3 is 17.9 Å². The van der Waals surface area contributed by atoms with Gasteiger partial charge in [-0.25, -0.2) is 14.4 Å². The molecule has 1 saturated carbocycles. The minimum absolute atomic E-state index is 0.0916. The standard InChI is InChI=1S/C37H43N2O9/c1-20-16-21(2)37-26(10-11-27-30(37)31(41)22(3)33(34(27)48-37)47-35(42)25-8-6-7-9-25)17-28(44-5)36(43)46-32(20)23(4)45-29(40)19-39-14-12-24(18-38)13-15-39/h6-8,10-16,20,22-23,26-28,30-34,41H,9,17,19H2,1-5H3/q+1/b21-16+/t20-,22-,23-,26?,27-,28+,30+,31-,32+,33-,34-,37+/m1/s1. The quantitative estimate of drug-likeness (QED) is 0.201. The van der Waals surface area contributed by atoms with Crippen molar-refractivity contribution in [2.45, 2.75) is 89.3 Å². The average molecular weight is 660 g/mol. The first-order chi connectivity index (χ1) is 23.0. The molecular weight excluding hydrogens is 616 g/mol. The van der Waals surface area contributed by atoms with Crippen LogP contribution in [0.25, 0.3) is 0 Å². The lowest BCUT2D eigenvalue weighted by molar-refractivity contribution is -0.686. The van der Waals surface area contributed by atoms with Crippen molar-refractivity contribution in [2.75, 3.05) is 7.11 Å². The number of cyclic esters (lactones) is 1. The molecule has 12 atom stereocenters. The van der Waals surface area contributed by atoms with E-state index in [4.69, 9.17) is 28.9 Å². The summed E-state index contributed by atoms with van der Waals surface area (Å²) < 4.78 is 32.2. The van der Waals surface area contributed by atoms with Crippen LogP contribution >= 0.6 is 0 Å². The van der Waals surface area contributed by atoms with E-state index in [1.807, 2.05) is 57.2 Å². The van der Waals surface area contributed by atoms with Gasteiger partial charge in [-0.15, -0.1) is 0 Å².